The van der Waals surface area contributed by atoms with Crippen molar-refractivity contribution in [2.24, 2.45) is 5.92 Å². The lowest BCUT2D eigenvalue weighted by molar-refractivity contribution is -0.124. The van der Waals surface area contributed by atoms with Gasteiger partial charge in [0.25, 0.3) is 0 Å². The van der Waals surface area contributed by atoms with E-state index in [0.717, 1.165) is 25.8 Å². The van der Waals surface area contributed by atoms with Crippen LogP contribution in [0, 0.1) is 5.92 Å². The lowest BCUT2D eigenvalue weighted by atomic mass is 9.87. The minimum absolute atomic E-state index is 0.351. The molecule has 0 aromatic rings. The molecule has 0 amide bonds. The van der Waals surface area contributed by atoms with Gasteiger partial charge in [-0.1, -0.05) is 0 Å². The molecule has 2 saturated heterocycles. The highest BCUT2D eigenvalue weighted by Gasteiger charge is 2.36. The van der Waals surface area contributed by atoms with E-state index in [9.17, 15) is 4.79 Å². The van der Waals surface area contributed by atoms with Crippen molar-refractivity contribution < 1.29 is 4.79 Å². The molecule has 2 aliphatic heterocycles. The minimum Gasteiger partial charge on any atom is -0.311 e. The normalized spacial score (nSPS) is 34.7. The molecule has 0 saturated carbocycles. The average Bonchev–Trinajstić information content (AvgIpc) is 2.54. The zero-order valence-electron chi connectivity index (χ0n) is 9.83. The first-order chi connectivity index (χ1) is 7.15. The van der Waals surface area contributed by atoms with Crippen LogP contribution in [0.25, 0.3) is 0 Å². The van der Waals surface area contributed by atoms with Crippen molar-refractivity contribution in [1.82, 2.24) is 10.2 Å². The molecular weight excluding hydrogens is 188 g/mol. The van der Waals surface area contributed by atoms with Crippen LogP contribution in [0.3, 0.4) is 0 Å². The number of hydrogen-bond donors (Lipinski definition) is 1. The topological polar surface area (TPSA) is 32.3 Å². The molecule has 2 unspecified atom stereocenters. The van der Waals surface area contributed by atoms with Gasteiger partial charge in [0.05, 0.1) is 0 Å². The summed E-state index contributed by atoms with van der Waals surface area (Å²) in [5.74, 6) is 0.839. The Morgan fingerprint density at radius 2 is 1.87 bits per heavy atom. The Kier molecular flexibility index (Phi) is 3.42. The van der Waals surface area contributed by atoms with E-state index in [1.807, 2.05) is 14.1 Å². The van der Waals surface area contributed by atoms with Crippen LogP contribution in [0.4, 0.5) is 0 Å². The van der Waals surface area contributed by atoms with Crippen molar-refractivity contribution in [2.45, 2.75) is 44.2 Å². The highest BCUT2D eigenvalue weighted by molar-refractivity contribution is 5.81. The maximum absolute atomic E-state index is 12.0. The smallest absolute Gasteiger partial charge is 0.137 e. The number of carbonyl (C=O) groups excluding carboxylic acids is 1. The first kappa shape index (κ1) is 11.1. The van der Waals surface area contributed by atoms with Gasteiger partial charge in [0, 0.05) is 31.0 Å². The van der Waals surface area contributed by atoms with Crippen molar-refractivity contribution in [3.8, 4) is 0 Å². The molecule has 0 aliphatic carbocycles. The Balaban J connectivity index is 1.81. The van der Waals surface area contributed by atoms with Crippen LogP contribution >= 0.6 is 0 Å². The van der Waals surface area contributed by atoms with Gasteiger partial charge in [0.15, 0.2) is 0 Å². The average molecular weight is 210 g/mol. The lowest BCUT2D eigenvalue weighted by Gasteiger charge is -2.28. The van der Waals surface area contributed by atoms with Crippen molar-refractivity contribution in [3.63, 3.8) is 0 Å². The fourth-order valence-corrected chi connectivity index (χ4v) is 2.86. The molecule has 0 aromatic carbocycles. The van der Waals surface area contributed by atoms with E-state index in [4.69, 9.17) is 0 Å². The number of carbonyl (C=O) groups is 1. The largest absolute Gasteiger partial charge is 0.311 e. The summed E-state index contributed by atoms with van der Waals surface area (Å²) >= 11 is 0. The maximum atomic E-state index is 12.0. The van der Waals surface area contributed by atoms with E-state index < -0.39 is 0 Å². The number of ketones is 1. The number of rotatable bonds is 4. The Hall–Kier alpha value is -0.410. The van der Waals surface area contributed by atoms with Crippen molar-refractivity contribution in [3.05, 3.63) is 0 Å². The molecule has 2 rings (SSSR count). The molecule has 2 heterocycles. The first-order valence-corrected chi connectivity index (χ1v) is 6.08. The SMILES string of the molecule is CN(C)CCC(=O)C1CC2CCC(C1)N2. The third-order valence-electron chi connectivity index (χ3n) is 3.73. The molecule has 0 spiro atoms. The predicted octanol–water partition coefficient (Wildman–Crippen LogP) is 1.04. The summed E-state index contributed by atoms with van der Waals surface area (Å²) in [4.78, 5) is 14.1. The Morgan fingerprint density at radius 3 is 2.40 bits per heavy atom. The lowest BCUT2D eigenvalue weighted by Crippen LogP contribution is -2.40. The maximum Gasteiger partial charge on any atom is 0.137 e. The van der Waals surface area contributed by atoms with Gasteiger partial charge in [-0.25, -0.2) is 0 Å². The highest BCUT2D eigenvalue weighted by atomic mass is 16.1. The summed E-state index contributed by atoms with van der Waals surface area (Å²) in [5, 5.41) is 3.58. The fraction of sp³-hybridized carbons (Fsp3) is 0.917. The van der Waals surface area contributed by atoms with E-state index in [2.05, 4.69) is 10.2 Å². The van der Waals surface area contributed by atoms with E-state index >= 15 is 0 Å². The molecule has 3 nitrogen and oxygen atoms in total. The number of hydrogen-bond acceptors (Lipinski definition) is 3. The third-order valence-corrected chi connectivity index (χ3v) is 3.73. The molecule has 86 valence electrons. The van der Waals surface area contributed by atoms with Crippen LogP contribution in [0.5, 0.6) is 0 Å². The van der Waals surface area contributed by atoms with Crippen LogP contribution in [0.1, 0.15) is 32.1 Å². The summed E-state index contributed by atoms with van der Waals surface area (Å²) in [5.41, 5.74) is 0. The van der Waals surface area contributed by atoms with E-state index in [1.54, 1.807) is 0 Å². The zero-order chi connectivity index (χ0) is 10.8. The minimum atomic E-state index is 0.351. The summed E-state index contributed by atoms with van der Waals surface area (Å²) in [6, 6.07) is 1.27. The summed E-state index contributed by atoms with van der Waals surface area (Å²) in [6.07, 6.45) is 5.47. The van der Waals surface area contributed by atoms with Crippen LogP contribution in [0.15, 0.2) is 0 Å². The summed E-state index contributed by atoms with van der Waals surface area (Å²) in [7, 11) is 4.05. The molecule has 2 fully saturated rings. The van der Waals surface area contributed by atoms with Crippen LogP contribution in [0.2, 0.25) is 0 Å². The van der Waals surface area contributed by atoms with E-state index in [0.29, 0.717) is 23.8 Å². The van der Waals surface area contributed by atoms with Gasteiger partial charge in [-0.05, 0) is 39.8 Å². The molecular formula is C12H22N2O. The monoisotopic (exact) mass is 210 g/mol. The number of fused-ring (bicyclic) bond motifs is 2. The second-order valence-electron chi connectivity index (χ2n) is 5.33. The quantitative estimate of drug-likeness (QED) is 0.752. The van der Waals surface area contributed by atoms with Gasteiger partial charge < -0.3 is 10.2 Å². The van der Waals surface area contributed by atoms with Gasteiger partial charge in [-0.3, -0.25) is 4.79 Å². The number of piperidine rings is 1. The van der Waals surface area contributed by atoms with Gasteiger partial charge in [-0.15, -0.1) is 0 Å². The number of Topliss-reactive ketones (excluding diaryl/α,β-unsaturated/α-hetero) is 1. The second kappa shape index (κ2) is 4.62. The molecule has 2 bridgehead atoms. The van der Waals surface area contributed by atoms with E-state index in [-0.39, 0.29) is 0 Å². The first-order valence-electron chi connectivity index (χ1n) is 6.08. The number of nitrogens with one attached hydrogen (secondary N) is 1. The van der Waals surface area contributed by atoms with Gasteiger partial charge in [0.1, 0.15) is 5.78 Å². The van der Waals surface area contributed by atoms with Crippen molar-refractivity contribution >= 4 is 5.78 Å². The Morgan fingerprint density at radius 1 is 1.27 bits per heavy atom. The molecule has 0 aromatic heterocycles. The predicted molar refractivity (Wildman–Crippen MR) is 60.8 cm³/mol. The summed E-state index contributed by atoms with van der Waals surface area (Å²) < 4.78 is 0. The van der Waals surface area contributed by atoms with Gasteiger partial charge in [-0.2, -0.15) is 0 Å². The molecule has 1 N–H and O–H groups in total. The second-order valence-corrected chi connectivity index (χ2v) is 5.33. The third kappa shape index (κ3) is 2.79. The molecule has 3 heteroatoms. The van der Waals surface area contributed by atoms with Crippen molar-refractivity contribution in [2.75, 3.05) is 20.6 Å². The fourth-order valence-electron chi connectivity index (χ4n) is 2.86. The van der Waals surface area contributed by atoms with E-state index in [1.165, 1.54) is 12.8 Å². The molecule has 2 aliphatic rings. The molecule has 2 atom stereocenters. The zero-order valence-corrected chi connectivity index (χ0v) is 9.83. The highest BCUT2D eigenvalue weighted by Crippen LogP contribution is 2.31. The molecule has 0 radical (unpaired) electrons. The standard InChI is InChI=1S/C12H22N2O/c1-14(2)6-5-12(15)9-7-10-3-4-11(8-9)13-10/h9-11,13H,3-8H2,1-2H3. The van der Waals surface area contributed by atoms with Gasteiger partial charge >= 0.3 is 0 Å². The summed E-state index contributed by atoms with van der Waals surface area (Å²) in [6.45, 7) is 0.901. The molecule has 15 heavy (non-hydrogen) atoms. The van der Waals surface area contributed by atoms with Crippen LogP contribution in [-0.4, -0.2) is 43.4 Å². The Bertz CT molecular complexity index is 228. The Labute approximate surface area is 92.2 Å². The van der Waals surface area contributed by atoms with Gasteiger partial charge in [0.2, 0.25) is 0 Å². The van der Waals surface area contributed by atoms with Crippen LogP contribution < -0.4 is 5.32 Å². The number of nitrogens with zero attached hydrogens (tertiary/aromatic N) is 1. The van der Waals surface area contributed by atoms with Crippen molar-refractivity contribution in [1.29, 1.82) is 0 Å². The van der Waals surface area contributed by atoms with Crippen LogP contribution in [-0.2, 0) is 4.79 Å².